The second-order valence-corrected chi connectivity index (χ2v) is 8.25. The molecule has 168 valence electrons. The van der Waals surface area contributed by atoms with Gasteiger partial charge in [-0.2, -0.15) is 4.98 Å². The van der Waals surface area contributed by atoms with Crippen molar-refractivity contribution < 1.29 is 13.5 Å². The molecule has 1 fully saturated rings. The summed E-state index contributed by atoms with van der Waals surface area (Å²) in [6, 6.07) is 5.83. The van der Waals surface area contributed by atoms with Crippen LogP contribution in [0.1, 0.15) is 23.1 Å². The molecule has 5 rings (SSSR count). The van der Waals surface area contributed by atoms with Crippen molar-refractivity contribution in [3.63, 3.8) is 0 Å². The van der Waals surface area contributed by atoms with E-state index in [1.807, 2.05) is 24.0 Å². The Morgan fingerprint density at radius 1 is 1.03 bits per heavy atom. The number of fused-ring (bicyclic) bond motifs is 1. The smallest absolute Gasteiger partial charge is 0.228 e. The van der Waals surface area contributed by atoms with Crippen LogP contribution in [-0.2, 0) is 4.74 Å². The number of halogens is 3. The Hall–Kier alpha value is -3.30. The van der Waals surface area contributed by atoms with Crippen LogP contribution in [0.5, 0.6) is 0 Å². The number of anilines is 1. The lowest BCUT2D eigenvalue weighted by Gasteiger charge is -2.33. The van der Waals surface area contributed by atoms with E-state index in [0.717, 1.165) is 23.4 Å². The number of benzene rings is 1. The van der Waals surface area contributed by atoms with Gasteiger partial charge in [0.15, 0.2) is 5.65 Å². The van der Waals surface area contributed by atoms with Gasteiger partial charge in [-0.05, 0) is 43.7 Å². The van der Waals surface area contributed by atoms with E-state index >= 15 is 0 Å². The van der Waals surface area contributed by atoms with E-state index in [1.54, 1.807) is 13.1 Å². The third kappa shape index (κ3) is 4.21. The van der Waals surface area contributed by atoms with Gasteiger partial charge in [0, 0.05) is 30.2 Å². The molecule has 1 aliphatic rings. The lowest BCUT2D eigenvalue weighted by molar-refractivity contribution is 0.0391. The number of ether oxygens (including phenoxy) is 1. The predicted molar refractivity (Wildman–Crippen MR) is 120 cm³/mol. The molecule has 1 atom stereocenters. The highest BCUT2D eigenvalue weighted by atomic mass is 35.5. The third-order valence-corrected chi connectivity index (χ3v) is 5.71. The summed E-state index contributed by atoms with van der Waals surface area (Å²) in [4.78, 5) is 24.2. The van der Waals surface area contributed by atoms with Crippen LogP contribution in [0, 0.1) is 25.5 Å². The molecular weight excluding hydrogens is 450 g/mol. The summed E-state index contributed by atoms with van der Waals surface area (Å²) in [5, 5.41) is -0.305. The van der Waals surface area contributed by atoms with E-state index < -0.39 is 11.6 Å². The fraction of sp³-hybridized carbons (Fsp3) is 0.261. The lowest BCUT2D eigenvalue weighted by atomic mass is 10.1. The normalized spacial score (nSPS) is 16.4. The summed E-state index contributed by atoms with van der Waals surface area (Å²) < 4.78 is 35.0. The van der Waals surface area contributed by atoms with Crippen molar-refractivity contribution in [2.24, 2.45) is 0 Å². The highest BCUT2D eigenvalue weighted by Gasteiger charge is 2.26. The van der Waals surface area contributed by atoms with Gasteiger partial charge in [0.25, 0.3) is 0 Å². The molecule has 0 bridgehead atoms. The zero-order chi connectivity index (χ0) is 23.1. The molecule has 4 heterocycles. The van der Waals surface area contributed by atoms with Gasteiger partial charge in [0.1, 0.15) is 28.9 Å². The van der Waals surface area contributed by atoms with Crippen LogP contribution in [0.15, 0.2) is 36.7 Å². The van der Waals surface area contributed by atoms with Crippen LogP contribution in [0.25, 0.3) is 22.4 Å². The second-order valence-electron chi connectivity index (χ2n) is 7.84. The summed E-state index contributed by atoms with van der Waals surface area (Å²) in [5.74, 6) is -1.12. The first-order chi connectivity index (χ1) is 15.9. The summed E-state index contributed by atoms with van der Waals surface area (Å²) in [7, 11) is 0. The number of rotatable bonds is 3. The average molecular weight is 469 g/mol. The van der Waals surface area contributed by atoms with Crippen molar-refractivity contribution in [3.8, 4) is 11.3 Å². The Morgan fingerprint density at radius 3 is 2.70 bits per heavy atom. The van der Waals surface area contributed by atoms with Gasteiger partial charge >= 0.3 is 0 Å². The Balaban J connectivity index is 1.61. The Kier molecular flexibility index (Phi) is 5.59. The fourth-order valence-corrected chi connectivity index (χ4v) is 3.97. The molecule has 7 nitrogen and oxygen atoms in total. The van der Waals surface area contributed by atoms with Gasteiger partial charge in [-0.3, -0.25) is 4.98 Å². The van der Waals surface area contributed by atoms with Gasteiger partial charge in [0.05, 0.1) is 23.9 Å². The largest absolute Gasteiger partial charge is 0.370 e. The molecular formula is C23H19ClF2N6O. The minimum atomic E-state index is -0.749. The van der Waals surface area contributed by atoms with Crippen LogP contribution in [-0.4, -0.2) is 44.6 Å². The zero-order valence-corrected chi connectivity index (χ0v) is 18.6. The monoisotopic (exact) mass is 468 g/mol. The van der Waals surface area contributed by atoms with Crippen LogP contribution in [0.2, 0.25) is 5.02 Å². The number of nitrogens with zero attached hydrogens (tertiary/aromatic N) is 6. The number of morpholine rings is 1. The summed E-state index contributed by atoms with van der Waals surface area (Å²) in [5.41, 5.74) is 3.20. The Morgan fingerprint density at radius 2 is 1.88 bits per heavy atom. The highest BCUT2D eigenvalue weighted by Crippen LogP contribution is 2.32. The topological polar surface area (TPSA) is 76.9 Å². The molecule has 33 heavy (non-hydrogen) atoms. The van der Waals surface area contributed by atoms with E-state index in [2.05, 4.69) is 24.9 Å². The summed E-state index contributed by atoms with van der Waals surface area (Å²) in [6.07, 6.45) is 3.07. The van der Waals surface area contributed by atoms with Crippen molar-refractivity contribution in [2.75, 3.05) is 24.6 Å². The first-order valence-electron chi connectivity index (χ1n) is 10.3. The summed E-state index contributed by atoms with van der Waals surface area (Å²) >= 11 is 5.75. The Bertz CT molecular complexity index is 1370. The number of aromatic nitrogens is 5. The van der Waals surface area contributed by atoms with E-state index in [4.69, 9.17) is 16.3 Å². The first-order valence-corrected chi connectivity index (χ1v) is 10.7. The Labute approximate surface area is 193 Å². The van der Waals surface area contributed by atoms with Crippen LogP contribution >= 0.6 is 11.6 Å². The van der Waals surface area contributed by atoms with E-state index in [0.29, 0.717) is 37.0 Å². The number of pyridine rings is 1. The molecule has 0 N–H and O–H groups in total. The SMILES string of the molecule is Cc1cc(C2CN(c3nc(-c4cc(F)c(Cl)cc4F)c4ncc(C)nc4n3)CCO2)ccn1. The maximum absolute atomic E-state index is 14.8. The quantitative estimate of drug-likeness (QED) is 0.406. The zero-order valence-electron chi connectivity index (χ0n) is 17.9. The fourth-order valence-electron chi connectivity index (χ4n) is 3.82. The van der Waals surface area contributed by atoms with E-state index in [9.17, 15) is 8.78 Å². The third-order valence-electron chi connectivity index (χ3n) is 5.42. The molecule has 0 spiro atoms. The van der Waals surface area contributed by atoms with Gasteiger partial charge in [-0.1, -0.05) is 11.6 Å². The van der Waals surface area contributed by atoms with E-state index in [1.165, 1.54) is 6.20 Å². The van der Waals surface area contributed by atoms with Crippen molar-refractivity contribution in [1.82, 2.24) is 24.9 Å². The molecule has 1 aromatic carbocycles. The number of hydrogen-bond donors (Lipinski definition) is 0. The standard InChI is InChI=1S/C23H19ClF2N6O/c1-12-7-14(3-4-27-12)19-11-32(5-6-33-19)23-30-20(15-8-18(26)16(24)9-17(15)25)21-22(31-23)29-13(2)10-28-21/h3-4,7-10,19H,5-6,11H2,1-2H3. The molecule has 0 radical (unpaired) electrons. The van der Waals surface area contributed by atoms with Crippen molar-refractivity contribution in [1.29, 1.82) is 0 Å². The maximum atomic E-state index is 14.8. The van der Waals surface area contributed by atoms with Gasteiger partial charge in [0.2, 0.25) is 5.95 Å². The van der Waals surface area contributed by atoms with Crippen molar-refractivity contribution in [3.05, 3.63) is 70.3 Å². The molecule has 10 heteroatoms. The molecule has 0 saturated carbocycles. The second kappa shape index (κ2) is 8.57. The van der Waals surface area contributed by atoms with Crippen molar-refractivity contribution >= 4 is 28.7 Å². The van der Waals surface area contributed by atoms with Gasteiger partial charge < -0.3 is 9.64 Å². The minimum Gasteiger partial charge on any atom is -0.370 e. The maximum Gasteiger partial charge on any atom is 0.228 e. The molecule has 4 aromatic rings. The molecule has 3 aromatic heterocycles. The van der Waals surface area contributed by atoms with Crippen LogP contribution in [0.3, 0.4) is 0 Å². The number of aryl methyl sites for hydroxylation is 2. The van der Waals surface area contributed by atoms with Gasteiger partial charge in [-0.25, -0.2) is 23.7 Å². The number of hydrogen-bond acceptors (Lipinski definition) is 7. The summed E-state index contributed by atoms with van der Waals surface area (Å²) in [6.45, 7) is 5.16. The molecule has 1 unspecified atom stereocenters. The first kappa shape index (κ1) is 21.5. The average Bonchev–Trinajstić information content (AvgIpc) is 2.80. The molecule has 1 saturated heterocycles. The van der Waals surface area contributed by atoms with Crippen molar-refractivity contribution in [2.45, 2.75) is 20.0 Å². The molecule has 1 aliphatic heterocycles. The lowest BCUT2D eigenvalue weighted by Crippen LogP contribution is -2.39. The minimum absolute atomic E-state index is 0.0572. The molecule has 0 aliphatic carbocycles. The molecule has 0 amide bonds. The van der Waals surface area contributed by atoms with Crippen LogP contribution in [0.4, 0.5) is 14.7 Å². The van der Waals surface area contributed by atoms with Crippen LogP contribution < -0.4 is 4.90 Å². The highest BCUT2D eigenvalue weighted by molar-refractivity contribution is 6.30. The predicted octanol–water partition coefficient (Wildman–Crippen LogP) is 4.61. The van der Waals surface area contributed by atoms with Gasteiger partial charge in [-0.15, -0.1) is 0 Å². The van der Waals surface area contributed by atoms with E-state index in [-0.39, 0.29) is 27.9 Å².